The van der Waals surface area contributed by atoms with Crippen LogP contribution in [0.4, 0.5) is 13.2 Å². The van der Waals surface area contributed by atoms with Gasteiger partial charge in [0, 0.05) is 19.1 Å². The van der Waals surface area contributed by atoms with Gasteiger partial charge in [-0.3, -0.25) is 4.79 Å². The molecule has 0 bridgehead atoms. The second-order valence-corrected chi connectivity index (χ2v) is 12.7. The fraction of sp³-hybridized carbons (Fsp3) is 0.708. The molecule has 2 fully saturated rings. The Bertz CT molecular complexity index is 958. The van der Waals surface area contributed by atoms with Crippen LogP contribution in [0, 0.1) is 17.3 Å². The van der Waals surface area contributed by atoms with Crippen molar-refractivity contribution in [1.29, 1.82) is 0 Å². The van der Waals surface area contributed by atoms with Crippen molar-refractivity contribution in [1.82, 2.24) is 14.9 Å². The topological polar surface area (TPSA) is 78.5 Å². The lowest BCUT2D eigenvalue weighted by Gasteiger charge is -2.29. The third kappa shape index (κ3) is 6.31. The minimum Gasteiger partial charge on any atom is -0.352 e. The minimum atomic E-state index is -4.52. The van der Waals surface area contributed by atoms with Gasteiger partial charge in [0.25, 0.3) is 0 Å². The molecule has 0 radical (unpaired) electrons. The first-order chi connectivity index (χ1) is 15.7. The SMILES string of the molecule is CCCN[C@@H](CC(C)(C)C)C(=O)N[C@H]1CC[C@@H]2CN(S(=O)(=O)c3ccc(C(F)(F)F)cc3)C[C@@H]21. The molecule has 1 aliphatic carbocycles. The minimum absolute atomic E-state index is 0.00497. The number of amides is 1. The number of carbonyl (C=O) groups is 1. The van der Waals surface area contributed by atoms with Crippen LogP contribution in [0.15, 0.2) is 29.2 Å². The van der Waals surface area contributed by atoms with E-state index < -0.39 is 21.8 Å². The standard InChI is InChI=1S/C24H36F3N3O3S/c1-5-12-28-21(13-23(2,3)4)22(31)29-20-11-6-16-14-30(15-19(16)20)34(32,33)18-9-7-17(8-10-18)24(25,26)27/h7-10,16,19-21,28H,5-6,11-15H2,1-4H3,(H,29,31)/t16-,19+,20+,21+/m1/s1. The normalized spacial score (nSPS) is 24.7. The number of halogens is 3. The van der Waals surface area contributed by atoms with Crippen LogP contribution in [-0.2, 0) is 21.0 Å². The predicted octanol–water partition coefficient (Wildman–Crippen LogP) is 4.03. The Morgan fingerprint density at radius 1 is 1.12 bits per heavy atom. The van der Waals surface area contributed by atoms with Crippen molar-refractivity contribution < 1.29 is 26.4 Å². The molecule has 1 saturated carbocycles. The van der Waals surface area contributed by atoms with Crippen LogP contribution in [0.25, 0.3) is 0 Å². The van der Waals surface area contributed by atoms with E-state index in [0.29, 0.717) is 13.0 Å². The number of fused-ring (bicyclic) bond motifs is 1. The lowest BCUT2D eigenvalue weighted by molar-refractivity contribution is -0.137. The molecule has 6 nitrogen and oxygen atoms in total. The number of hydrogen-bond acceptors (Lipinski definition) is 4. The molecule has 2 aliphatic rings. The summed E-state index contributed by atoms with van der Waals surface area (Å²) in [6.07, 6.45) is -1.31. The first-order valence-corrected chi connectivity index (χ1v) is 13.4. The van der Waals surface area contributed by atoms with E-state index in [0.717, 1.165) is 50.1 Å². The van der Waals surface area contributed by atoms with Gasteiger partial charge in [-0.25, -0.2) is 8.42 Å². The summed E-state index contributed by atoms with van der Waals surface area (Å²) in [4.78, 5) is 12.9. The van der Waals surface area contributed by atoms with Crippen molar-refractivity contribution in [2.75, 3.05) is 19.6 Å². The predicted molar refractivity (Wildman–Crippen MR) is 125 cm³/mol. The molecule has 0 spiro atoms. The summed E-state index contributed by atoms with van der Waals surface area (Å²) in [5.41, 5.74) is -0.907. The van der Waals surface area contributed by atoms with E-state index in [2.05, 4.69) is 31.4 Å². The molecule has 1 aliphatic heterocycles. The molecule has 1 aromatic carbocycles. The second kappa shape index (κ2) is 10.1. The van der Waals surface area contributed by atoms with Gasteiger partial charge in [-0.2, -0.15) is 17.5 Å². The van der Waals surface area contributed by atoms with Crippen molar-refractivity contribution >= 4 is 15.9 Å². The number of rotatable bonds is 8. The average Bonchev–Trinajstić information content (AvgIpc) is 3.32. The van der Waals surface area contributed by atoms with Gasteiger partial charge in [-0.05, 0) is 73.7 Å². The third-order valence-corrected chi connectivity index (χ3v) is 8.59. The number of sulfonamides is 1. The Balaban J connectivity index is 1.67. The van der Waals surface area contributed by atoms with E-state index in [9.17, 15) is 26.4 Å². The van der Waals surface area contributed by atoms with Crippen molar-refractivity contribution in [3.63, 3.8) is 0 Å². The maximum Gasteiger partial charge on any atom is 0.416 e. The molecule has 1 heterocycles. The lowest BCUT2D eigenvalue weighted by atomic mass is 9.87. The summed E-state index contributed by atoms with van der Waals surface area (Å²) in [5, 5.41) is 6.50. The lowest BCUT2D eigenvalue weighted by Crippen LogP contribution is -2.50. The fourth-order valence-corrected chi connectivity index (χ4v) is 6.57. The second-order valence-electron chi connectivity index (χ2n) is 10.7. The first kappa shape index (κ1) is 26.9. The van der Waals surface area contributed by atoms with Gasteiger partial charge in [-0.1, -0.05) is 27.7 Å². The van der Waals surface area contributed by atoms with Crippen LogP contribution in [0.3, 0.4) is 0 Å². The number of alkyl halides is 3. The number of nitrogens with one attached hydrogen (secondary N) is 2. The summed E-state index contributed by atoms with van der Waals surface area (Å²) < 4.78 is 66.0. The van der Waals surface area contributed by atoms with Crippen LogP contribution in [0.5, 0.6) is 0 Å². The zero-order chi connectivity index (χ0) is 25.3. The Morgan fingerprint density at radius 2 is 1.76 bits per heavy atom. The monoisotopic (exact) mass is 503 g/mol. The van der Waals surface area contributed by atoms with Crippen LogP contribution < -0.4 is 10.6 Å². The molecule has 0 aromatic heterocycles. The van der Waals surface area contributed by atoms with Gasteiger partial charge >= 0.3 is 6.18 Å². The zero-order valence-electron chi connectivity index (χ0n) is 20.3. The highest BCUT2D eigenvalue weighted by Crippen LogP contribution is 2.40. The summed E-state index contributed by atoms with van der Waals surface area (Å²) in [5.74, 6) is 0.0619. The highest BCUT2D eigenvalue weighted by molar-refractivity contribution is 7.89. The maximum atomic E-state index is 13.1. The van der Waals surface area contributed by atoms with Gasteiger partial charge < -0.3 is 10.6 Å². The van der Waals surface area contributed by atoms with E-state index in [1.165, 1.54) is 4.31 Å². The molecule has 1 saturated heterocycles. The van der Waals surface area contributed by atoms with Crippen LogP contribution >= 0.6 is 0 Å². The smallest absolute Gasteiger partial charge is 0.352 e. The summed E-state index contributed by atoms with van der Waals surface area (Å²) in [6, 6.07) is 3.20. The Labute approximate surface area is 200 Å². The van der Waals surface area contributed by atoms with Crippen molar-refractivity contribution in [3.05, 3.63) is 29.8 Å². The molecule has 1 amide bonds. The Kier molecular flexibility index (Phi) is 8.04. The van der Waals surface area contributed by atoms with Gasteiger partial charge in [0.1, 0.15) is 0 Å². The van der Waals surface area contributed by atoms with Crippen molar-refractivity contribution in [2.45, 2.75) is 76.5 Å². The van der Waals surface area contributed by atoms with Gasteiger partial charge in [0.2, 0.25) is 15.9 Å². The zero-order valence-corrected chi connectivity index (χ0v) is 21.1. The molecule has 0 unspecified atom stereocenters. The molecule has 34 heavy (non-hydrogen) atoms. The quantitative estimate of drug-likeness (QED) is 0.562. The Hall–Kier alpha value is -1.65. The summed E-state index contributed by atoms with van der Waals surface area (Å²) >= 11 is 0. The van der Waals surface area contributed by atoms with Crippen LogP contribution in [0.1, 0.15) is 58.9 Å². The van der Waals surface area contributed by atoms with Crippen LogP contribution in [-0.4, -0.2) is 50.3 Å². The van der Waals surface area contributed by atoms with E-state index >= 15 is 0 Å². The number of carbonyl (C=O) groups excluding carboxylic acids is 1. The number of nitrogens with zero attached hydrogens (tertiary/aromatic N) is 1. The highest BCUT2D eigenvalue weighted by atomic mass is 32.2. The molecule has 4 atom stereocenters. The maximum absolute atomic E-state index is 13.1. The third-order valence-electron chi connectivity index (χ3n) is 6.74. The Morgan fingerprint density at radius 3 is 2.32 bits per heavy atom. The van der Waals surface area contributed by atoms with Gasteiger partial charge in [0.05, 0.1) is 16.5 Å². The van der Waals surface area contributed by atoms with Crippen LogP contribution in [0.2, 0.25) is 0 Å². The number of hydrogen-bond donors (Lipinski definition) is 2. The summed E-state index contributed by atoms with van der Waals surface area (Å²) in [6.45, 7) is 9.63. The fourth-order valence-electron chi connectivity index (χ4n) is 5.04. The van der Waals surface area contributed by atoms with E-state index in [1.807, 2.05) is 6.92 Å². The van der Waals surface area contributed by atoms with Crippen molar-refractivity contribution in [2.24, 2.45) is 17.3 Å². The highest BCUT2D eigenvalue weighted by Gasteiger charge is 2.47. The first-order valence-electron chi connectivity index (χ1n) is 11.9. The number of benzene rings is 1. The largest absolute Gasteiger partial charge is 0.416 e. The summed E-state index contributed by atoms with van der Waals surface area (Å²) in [7, 11) is -3.91. The average molecular weight is 504 g/mol. The molecule has 3 rings (SSSR count). The molecule has 10 heteroatoms. The van der Waals surface area contributed by atoms with E-state index in [-0.39, 0.29) is 46.7 Å². The van der Waals surface area contributed by atoms with E-state index in [1.54, 1.807) is 0 Å². The molecular weight excluding hydrogens is 467 g/mol. The van der Waals surface area contributed by atoms with Crippen molar-refractivity contribution in [3.8, 4) is 0 Å². The van der Waals surface area contributed by atoms with Gasteiger partial charge in [-0.15, -0.1) is 0 Å². The van der Waals surface area contributed by atoms with E-state index in [4.69, 9.17) is 0 Å². The molecular formula is C24H36F3N3O3S. The van der Waals surface area contributed by atoms with Gasteiger partial charge in [0.15, 0.2) is 0 Å². The molecule has 192 valence electrons. The molecule has 2 N–H and O–H groups in total. The molecule has 1 aromatic rings.